The van der Waals surface area contributed by atoms with Gasteiger partial charge in [0.2, 0.25) is 0 Å². The summed E-state index contributed by atoms with van der Waals surface area (Å²) in [6.45, 7) is 11.1. The van der Waals surface area contributed by atoms with Crippen molar-refractivity contribution in [1.82, 2.24) is 5.32 Å². The highest BCUT2D eigenvalue weighted by Gasteiger charge is 2.14. The zero-order valence-corrected chi connectivity index (χ0v) is 20.4. The molecule has 1 atom stereocenters. The third-order valence-electron chi connectivity index (χ3n) is 5.86. The lowest BCUT2D eigenvalue weighted by Crippen LogP contribution is -2.33. The van der Waals surface area contributed by atoms with Crippen LogP contribution in [0, 0.1) is 20.8 Å². The predicted molar refractivity (Wildman–Crippen MR) is 134 cm³/mol. The first-order chi connectivity index (χ1) is 15.9. The maximum Gasteiger partial charge on any atom is 0.251 e. The Bertz CT molecular complexity index is 1080. The maximum absolute atomic E-state index is 12.9. The first-order valence-electron chi connectivity index (χ1n) is 11.7. The molecule has 33 heavy (non-hydrogen) atoms. The van der Waals surface area contributed by atoms with Crippen molar-refractivity contribution in [2.75, 3.05) is 6.61 Å². The number of aryl methyl sites for hydroxylation is 3. The van der Waals surface area contributed by atoms with Gasteiger partial charge in [0.1, 0.15) is 18.1 Å². The number of hydrogen-bond acceptors (Lipinski definition) is 3. The molecule has 0 bridgehead atoms. The second-order valence-corrected chi connectivity index (χ2v) is 8.65. The molecule has 0 fully saturated rings. The summed E-state index contributed by atoms with van der Waals surface area (Å²) in [6.07, 6.45) is 1.81. The van der Waals surface area contributed by atoms with Crippen LogP contribution in [0.4, 0.5) is 0 Å². The summed E-state index contributed by atoms with van der Waals surface area (Å²) in [7, 11) is 0. The zero-order valence-electron chi connectivity index (χ0n) is 20.4. The van der Waals surface area contributed by atoms with Crippen molar-refractivity contribution in [3.8, 4) is 11.5 Å². The van der Waals surface area contributed by atoms with Gasteiger partial charge in [-0.25, -0.2) is 0 Å². The lowest BCUT2D eigenvalue weighted by Gasteiger charge is -2.17. The number of carbonyl (C=O) groups is 1. The largest absolute Gasteiger partial charge is 0.493 e. The van der Waals surface area contributed by atoms with Gasteiger partial charge in [-0.2, -0.15) is 0 Å². The molecule has 3 aromatic carbocycles. The fourth-order valence-electron chi connectivity index (χ4n) is 3.84. The standard InChI is InChI=1S/C29H35NO3/c1-6-32-27-15-14-25(29(31)30-22(4)12-13-24-10-8-7-9-11-24)18-26(27)19-33-28-17-20(2)16-21(3)23(28)5/h7-11,14-18,22H,6,12-13,19H2,1-5H3,(H,30,31)/t22-/m0/s1. The van der Waals surface area contributed by atoms with E-state index in [-0.39, 0.29) is 11.9 Å². The van der Waals surface area contributed by atoms with Gasteiger partial charge in [0, 0.05) is 17.2 Å². The van der Waals surface area contributed by atoms with Crippen LogP contribution in [-0.4, -0.2) is 18.6 Å². The fourth-order valence-corrected chi connectivity index (χ4v) is 3.84. The minimum absolute atomic E-state index is 0.0712. The Balaban J connectivity index is 1.69. The number of benzene rings is 3. The first kappa shape index (κ1) is 24.4. The van der Waals surface area contributed by atoms with Crippen LogP contribution in [-0.2, 0) is 13.0 Å². The van der Waals surface area contributed by atoms with E-state index in [2.05, 4.69) is 44.3 Å². The third-order valence-corrected chi connectivity index (χ3v) is 5.86. The van der Waals surface area contributed by atoms with Crippen LogP contribution in [0.25, 0.3) is 0 Å². The smallest absolute Gasteiger partial charge is 0.251 e. The molecule has 1 N–H and O–H groups in total. The van der Waals surface area contributed by atoms with Crippen LogP contribution in [0.2, 0.25) is 0 Å². The Morgan fingerprint density at radius 1 is 0.939 bits per heavy atom. The molecule has 0 saturated heterocycles. The SMILES string of the molecule is CCOc1ccc(C(=O)N[C@@H](C)CCc2ccccc2)cc1COc1cc(C)cc(C)c1C. The molecule has 4 heteroatoms. The summed E-state index contributed by atoms with van der Waals surface area (Å²) in [5.41, 5.74) is 6.24. The van der Waals surface area contributed by atoms with Gasteiger partial charge in [-0.3, -0.25) is 4.79 Å². The monoisotopic (exact) mass is 445 g/mol. The van der Waals surface area contributed by atoms with E-state index in [0.29, 0.717) is 18.8 Å². The van der Waals surface area contributed by atoms with Crippen molar-refractivity contribution in [3.05, 3.63) is 94.0 Å². The predicted octanol–water partition coefficient (Wildman–Crippen LogP) is 6.34. The highest BCUT2D eigenvalue weighted by molar-refractivity contribution is 5.94. The van der Waals surface area contributed by atoms with E-state index in [1.54, 1.807) is 0 Å². The molecular weight excluding hydrogens is 410 g/mol. The fraction of sp³-hybridized carbons (Fsp3) is 0.345. The highest BCUT2D eigenvalue weighted by atomic mass is 16.5. The topological polar surface area (TPSA) is 47.6 Å². The van der Waals surface area contributed by atoms with E-state index >= 15 is 0 Å². The van der Waals surface area contributed by atoms with E-state index in [1.165, 1.54) is 11.1 Å². The number of rotatable bonds is 10. The molecule has 0 radical (unpaired) electrons. The van der Waals surface area contributed by atoms with Crippen molar-refractivity contribution in [1.29, 1.82) is 0 Å². The van der Waals surface area contributed by atoms with Gasteiger partial charge in [0.25, 0.3) is 5.91 Å². The molecule has 0 aliphatic heterocycles. The van der Waals surface area contributed by atoms with Crippen molar-refractivity contribution >= 4 is 5.91 Å². The average molecular weight is 446 g/mol. The average Bonchev–Trinajstić information content (AvgIpc) is 2.80. The van der Waals surface area contributed by atoms with Crippen LogP contribution < -0.4 is 14.8 Å². The Morgan fingerprint density at radius 2 is 1.70 bits per heavy atom. The number of amides is 1. The summed E-state index contributed by atoms with van der Waals surface area (Å²) in [5.74, 6) is 1.52. The molecule has 0 heterocycles. The third kappa shape index (κ3) is 6.85. The van der Waals surface area contributed by atoms with E-state index in [9.17, 15) is 4.79 Å². The minimum Gasteiger partial charge on any atom is -0.493 e. The molecular formula is C29H35NO3. The minimum atomic E-state index is -0.0811. The molecule has 0 aliphatic carbocycles. The second-order valence-electron chi connectivity index (χ2n) is 8.65. The van der Waals surface area contributed by atoms with Gasteiger partial charge >= 0.3 is 0 Å². The number of nitrogens with one attached hydrogen (secondary N) is 1. The molecule has 4 nitrogen and oxygen atoms in total. The van der Waals surface area contributed by atoms with Crippen molar-refractivity contribution < 1.29 is 14.3 Å². The van der Waals surface area contributed by atoms with Gasteiger partial charge in [-0.15, -0.1) is 0 Å². The molecule has 0 unspecified atom stereocenters. The Kier molecular flexibility index (Phi) is 8.53. The van der Waals surface area contributed by atoms with E-state index < -0.39 is 0 Å². The molecule has 1 amide bonds. The van der Waals surface area contributed by atoms with Gasteiger partial charge in [-0.05, 0) is 94.0 Å². The van der Waals surface area contributed by atoms with Gasteiger partial charge < -0.3 is 14.8 Å². The van der Waals surface area contributed by atoms with E-state index in [4.69, 9.17) is 9.47 Å². The van der Waals surface area contributed by atoms with Crippen LogP contribution in [0.5, 0.6) is 11.5 Å². The Hall–Kier alpha value is -3.27. The second kappa shape index (κ2) is 11.6. The Labute approximate surface area is 197 Å². The summed E-state index contributed by atoms with van der Waals surface area (Å²) in [4.78, 5) is 12.9. The number of carbonyl (C=O) groups excluding carboxylic acids is 1. The molecule has 0 saturated carbocycles. The van der Waals surface area contributed by atoms with Crippen LogP contribution in [0.1, 0.15) is 58.4 Å². The Morgan fingerprint density at radius 3 is 2.42 bits per heavy atom. The summed E-state index contributed by atoms with van der Waals surface area (Å²) < 4.78 is 12.0. The summed E-state index contributed by atoms with van der Waals surface area (Å²) in [5, 5.41) is 3.12. The summed E-state index contributed by atoms with van der Waals surface area (Å²) >= 11 is 0. The van der Waals surface area contributed by atoms with Gasteiger partial charge in [0.15, 0.2) is 0 Å². The number of ether oxygens (including phenoxy) is 2. The lowest BCUT2D eigenvalue weighted by molar-refractivity contribution is 0.0938. The van der Waals surface area contributed by atoms with Crippen LogP contribution in [0.3, 0.4) is 0 Å². The molecule has 3 aromatic rings. The van der Waals surface area contributed by atoms with E-state index in [0.717, 1.165) is 41.0 Å². The molecule has 174 valence electrons. The molecule has 0 aliphatic rings. The number of hydrogen-bond donors (Lipinski definition) is 1. The maximum atomic E-state index is 12.9. The molecule has 0 aromatic heterocycles. The molecule has 0 spiro atoms. The zero-order chi connectivity index (χ0) is 23.8. The normalized spacial score (nSPS) is 11.7. The molecule has 3 rings (SSSR count). The van der Waals surface area contributed by atoms with Crippen LogP contribution in [0.15, 0.2) is 60.7 Å². The van der Waals surface area contributed by atoms with Gasteiger partial charge in [-0.1, -0.05) is 36.4 Å². The van der Waals surface area contributed by atoms with Crippen molar-refractivity contribution in [2.24, 2.45) is 0 Å². The van der Waals surface area contributed by atoms with Crippen molar-refractivity contribution in [3.63, 3.8) is 0 Å². The van der Waals surface area contributed by atoms with E-state index in [1.807, 2.05) is 56.3 Å². The van der Waals surface area contributed by atoms with Crippen molar-refractivity contribution in [2.45, 2.75) is 60.1 Å². The lowest BCUT2D eigenvalue weighted by atomic mass is 10.0. The first-order valence-corrected chi connectivity index (χ1v) is 11.7. The quantitative estimate of drug-likeness (QED) is 0.396. The van der Waals surface area contributed by atoms with Gasteiger partial charge in [0.05, 0.1) is 6.61 Å². The summed E-state index contributed by atoms with van der Waals surface area (Å²) in [6, 6.07) is 20.2. The highest BCUT2D eigenvalue weighted by Crippen LogP contribution is 2.27. The van der Waals surface area contributed by atoms with Crippen LogP contribution >= 0.6 is 0 Å².